The van der Waals surface area contributed by atoms with Crippen LogP contribution in [-0.4, -0.2) is 23.2 Å². The maximum atomic E-state index is 5.74. The summed E-state index contributed by atoms with van der Waals surface area (Å²) < 4.78 is 5.47. The molecular formula is C12H15N3O. The predicted molar refractivity (Wildman–Crippen MR) is 63.3 cm³/mol. The van der Waals surface area contributed by atoms with E-state index in [1.165, 1.54) is 0 Å². The van der Waals surface area contributed by atoms with Crippen LogP contribution in [0.2, 0.25) is 0 Å². The van der Waals surface area contributed by atoms with Crippen LogP contribution in [-0.2, 0) is 4.74 Å². The third-order valence-electron chi connectivity index (χ3n) is 3.07. The van der Waals surface area contributed by atoms with Gasteiger partial charge >= 0.3 is 0 Å². The maximum absolute atomic E-state index is 5.74. The Morgan fingerprint density at radius 3 is 3.19 bits per heavy atom. The third-order valence-corrected chi connectivity index (χ3v) is 3.07. The quantitative estimate of drug-likeness (QED) is 0.718. The van der Waals surface area contributed by atoms with Gasteiger partial charge in [0, 0.05) is 18.2 Å². The van der Waals surface area contributed by atoms with E-state index in [-0.39, 0.29) is 0 Å². The maximum Gasteiger partial charge on any atom is 0.112 e. The minimum atomic E-state index is 0.405. The SMILES string of the molecule is Nc1ccc2nc(C3CCCOC3)[nH]c2c1. The van der Waals surface area contributed by atoms with Crippen LogP contribution in [0.25, 0.3) is 11.0 Å². The monoisotopic (exact) mass is 217 g/mol. The Labute approximate surface area is 93.8 Å². The fourth-order valence-electron chi connectivity index (χ4n) is 2.20. The highest BCUT2D eigenvalue weighted by Gasteiger charge is 2.19. The highest BCUT2D eigenvalue weighted by Crippen LogP contribution is 2.25. The number of aromatic amines is 1. The summed E-state index contributed by atoms with van der Waals surface area (Å²) in [4.78, 5) is 7.92. The summed E-state index contributed by atoms with van der Waals surface area (Å²) >= 11 is 0. The Kier molecular flexibility index (Phi) is 2.29. The Morgan fingerprint density at radius 2 is 2.38 bits per heavy atom. The van der Waals surface area contributed by atoms with Crippen LogP contribution in [0.4, 0.5) is 5.69 Å². The molecule has 1 aromatic carbocycles. The first-order valence-corrected chi connectivity index (χ1v) is 5.66. The molecule has 1 aliphatic rings. The number of benzene rings is 1. The summed E-state index contributed by atoms with van der Waals surface area (Å²) in [5.74, 6) is 1.43. The van der Waals surface area contributed by atoms with Crippen LogP contribution in [0.5, 0.6) is 0 Å². The molecule has 0 bridgehead atoms. The second-order valence-electron chi connectivity index (χ2n) is 4.31. The fraction of sp³-hybridized carbons (Fsp3) is 0.417. The molecule has 2 aromatic rings. The molecule has 2 heterocycles. The summed E-state index contributed by atoms with van der Waals surface area (Å²) in [6.07, 6.45) is 2.26. The smallest absolute Gasteiger partial charge is 0.112 e. The van der Waals surface area contributed by atoms with Gasteiger partial charge in [-0.15, -0.1) is 0 Å². The van der Waals surface area contributed by atoms with Gasteiger partial charge in [-0.2, -0.15) is 0 Å². The first-order chi connectivity index (χ1) is 7.83. The molecular weight excluding hydrogens is 202 g/mol. The van der Waals surface area contributed by atoms with Crippen molar-refractivity contribution in [3.05, 3.63) is 24.0 Å². The predicted octanol–water partition coefficient (Wildman–Crippen LogP) is 2.04. The van der Waals surface area contributed by atoms with Gasteiger partial charge in [-0.1, -0.05) is 0 Å². The molecule has 16 heavy (non-hydrogen) atoms. The molecule has 3 N–H and O–H groups in total. The Hall–Kier alpha value is -1.55. The van der Waals surface area contributed by atoms with Crippen LogP contribution in [0.3, 0.4) is 0 Å². The van der Waals surface area contributed by atoms with Crippen LogP contribution in [0, 0.1) is 0 Å². The summed E-state index contributed by atoms with van der Waals surface area (Å²) in [7, 11) is 0. The van der Waals surface area contributed by atoms with E-state index >= 15 is 0 Å². The first kappa shape index (κ1) is 9.66. The average molecular weight is 217 g/mol. The summed E-state index contributed by atoms with van der Waals surface area (Å²) in [5, 5.41) is 0. The average Bonchev–Trinajstić information content (AvgIpc) is 2.73. The molecule has 4 nitrogen and oxygen atoms in total. The third kappa shape index (κ3) is 1.65. The molecule has 0 saturated carbocycles. The standard InChI is InChI=1S/C12H15N3O/c13-9-3-4-10-11(6-9)15-12(14-10)8-2-1-5-16-7-8/h3-4,6,8H,1-2,5,7,13H2,(H,14,15). The van der Waals surface area contributed by atoms with E-state index < -0.39 is 0 Å². The van der Waals surface area contributed by atoms with Crippen molar-refractivity contribution in [2.75, 3.05) is 18.9 Å². The van der Waals surface area contributed by atoms with Gasteiger partial charge in [0.1, 0.15) is 5.82 Å². The molecule has 0 radical (unpaired) electrons. The zero-order valence-corrected chi connectivity index (χ0v) is 9.07. The number of aromatic nitrogens is 2. The zero-order chi connectivity index (χ0) is 11.0. The minimum Gasteiger partial charge on any atom is -0.399 e. The van der Waals surface area contributed by atoms with E-state index in [0.29, 0.717) is 5.92 Å². The van der Waals surface area contributed by atoms with Gasteiger partial charge in [-0.3, -0.25) is 0 Å². The number of anilines is 1. The van der Waals surface area contributed by atoms with E-state index in [9.17, 15) is 0 Å². The number of hydrogen-bond acceptors (Lipinski definition) is 3. The zero-order valence-electron chi connectivity index (χ0n) is 9.07. The topological polar surface area (TPSA) is 63.9 Å². The highest BCUT2D eigenvalue weighted by atomic mass is 16.5. The summed E-state index contributed by atoms with van der Waals surface area (Å²) in [6.45, 7) is 1.65. The number of nitrogens with zero attached hydrogens (tertiary/aromatic N) is 1. The number of nitrogen functional groups attached to an aromatic ring is 1. The molecule has 0 aliphatic carbocycles. The summed E-state index contributed by atoms with van der Waals surface area (Å²) in [6, 6.07) is 5.76. The van der Waals surface area contributed by atoms with Crippen LogP contribution in [0.1, 0.15) is 24.6 Å². The number of rotatable bonds is 1. The fourth-order valence-corrected chi connectivity index (χ4v) is 2.20. The Bertz CT molecular complexity index is 500. The van der Waals surface area contributed by atoms with Crippen molar-refractivity contribution in [3.63, 3.8) is 0 Å². The van der Waals surface area contributed by atoms with E-state index in [4.69, 9.17) is 10.5 Å². The lowest BCUT2D eigenvalue weighted by Crippen LogP contribution is -2.16. The number of imidazole rings is 1. The van der Waals surface area contributed by atoms with Gasteiger partial charge < -0.3 is 15.5 Å². The van der Waals surface area contributed by atoms with Gasteiger partial charge in [-0.25, -0.2) is 4.98 Å². The minimum absolute atomic E-state index is 0.405. The normalized spacial score (nSPS) is 21.4. The molecule has 1 aromatic heterocycles. The van der Waals surface area contributed by atoms with Crippen molar-refractivity contribution >= 4 is 16.7 Å². The molecule has 1 atom stereocenters. The molecule has 1 saturated heterocycles. The highest BCUT2D eigenvalue weighted by molar-refractivity contribution is 5.78. The number of H-pyrrole nitrogens is 1. The van der Waals surface area contributed by atoms with Gasteiger partial charge in [0.15, 0.2) is 0 Å². The molecule has 4 heteroatoms. The second kappa shape index (κ2) is 3.79. The van der Waals surface area contributed by atoms with Crippen molar-refractivity contribution in [2.45, 2.75) is 18.8 Å². The lowest BCUT2D eigenvalue weighted by molar-refractivity contribution is 0.0784. The molecule has 0 amide bonds. The largest absolute Gasteiger partial charge is 0.399 e. The Balaban J connectivity index is 1.97. The number of ether oxygens (including phenoxy) is 1. The van der Waals surface area contributed by atoms with Crippen LogP contribution >= 0.6 is 0 Å². The summed E-state index contributed by atoms with van der Waals surface area (Å²) in [5.41, 5.74) is 8.50. The van der Waals surface area contributed by atoms with E-state index in [1.54, 1.807) is 0 Å². The number of nitrogens with one attached hydrogen (secondary N) is 1. The second-order valence-corrected chi connectivity index (χ2v) is 4.31. The lowest BCUT2D eigenvalue weighted by atomic mass is 10.0. The van der Waals surface area contributed by atoms with E-state index in [0.717, 1.165) is 48.6 Å². The van der Waals surface area contributed by atoms with Gasteiger partial charge in [0.05, 0.1) is 17.6 Å². The van der Waals surface area contributed by atoms with Crippen molar-refractivity contribution in [2.24, 2.45) is 0 Å². The molecule has 1 unspecified atom stereocenters. The Morgan fingerprint density at radius 1 is 1.44 bits per heavy atom. The van der Waals surface area contributed by atoms with Crippen molar-refractivity contribution in [3.8, 4) is 0 Å². The number of fused-ring (bicyclic) bond motifs is 1. The van der Waals surface area contributed by atoms with E-state index in [1.807, 2.05) is 18.2 Å². The van der Waals surface area contributed by atoms with Crippen LogP contribution in [0.15, 0.2) is 18.2 Å². The van der Waals surface area contributed by atoms with Crippen molar-refractivity contribution in [1.29, 1.82) is 0 Å². The van der Waals surface area contributed by atoms with E-state index in [2.05, 4.69) is 9.97 Å². The molecule has 84 valence electrons. The van der Waals surface area contributed by atoms with Crippen molar-refractivity contribution < 1.29 is 4.74 Å². The van der Waals surface area contributed by atoms with Crippen molar-refractivity contribution in [1.82, 2.24) is 9.97 Å². The first-order valence-electron chi connectivity index (χ1n) is 5.66. The molecule has 3 rings (SSSR count). The molecule has 0 spiro atoms. The lowest BCUT2D eigenvalue weighted by Gasteiger charge is -2.19. The number of nitrogens with two attached hydrogens (primary N) is 1. The van der Waals surface area contributed by atoms with Crippen LogP contribution < -0.4 is 5.73 Å². The van der Waals surface area contributed by atoms with Gasteiger partial charge in [0.2, 0.25) is 0 Å². The van der Waals surface area contributed by atoms with Gasteiger partial charge in [0.25, 0.3) is 0 Å². The number of hydrogen-bond donors (Lipinski definition) is 2. The molecule has 1 aliphatic heterocycles. The van der Waals surface area contributed by atoms with Gasteiger partial charge in [-0.05, 0) is 31.0 Å². The molecule has 1 fully saturated rings.